The van der Waals surface area contributed by atoms with E-state index in [1.165, 1.54) is 0 Å². The van der Waals surface area contributed by atoms with Crippen LogP contribution in [0, 0.1) is 11.8 Å². The van der Waals surface area contributed by atoms with Crippen LogP contribution < -0.4 is 0 Å². The van der Waals surface area contributed by atoms with Crippen LogP contribution in [0.1, 0.15) is 32.1 Å². The first-order valence-electron chi connectivity index (χ1n) is 4.86. The number of rotatable bonds is 1. The van der Waals surface area contributed by atoms with Gasteiger partial charge in [0.05, 0.1) is 0 Å². The molecule has 0 aromatic heterocycles. The molecule has 0 saturated heterocycles. The van der Waals surface area contributed by atoms with E-state index in [1.54, 1.807) is 0 Å². The topological polar surface area (TPSA) is 0 Å². The van der Waals surface area contributed by atoms with Gasteiger partial charge in [0.15, 0.2) is 5.92 Å². The molecule has 1 aliphatic carbocycles. The monoisotopic (exact) mass is 234 g/mol. The lowest BCUT2D eigenvalue weighted by Crippen LogP contribution is -2.42. The Morgan fingerprint density at radius 3 is 1.47 bits per heavy atom. The Balaban J connectivity index is 2.80. The molecule has 0 nitrogen and oxygen atoms in total. The molecule has 0 bridgehead atoms. The van der Waals surface area contributed by atoms with E-state index < -0.39 is 24.2 Å². The summed E-state index contributed by atoms with van der Waals surface area (Å²) in [6, 6.07) is 0. The molecule has 0 heterocycles. The van der Waals surface area contributed by atoms with E-state index in [-0.39, 0.29) is 12.8 Å². The first-order valence-corrected chi connectivity index (χ1v) is 4.86. The fourth-order valence-electron chi connectivity index (χ4n) is 2.19. The zero-order chi connectivity index (χ0) is 11.7. The van der Waals surface area contributed by atoms with Crippen LogP contribution in [0.4, 0.5) is 26.3 Å². The van der Waals surface area contributed by atoms with Crippen LogP contribution in [0.5, 0.6) is 0 Å². The summed E-state index contributed by atoms with van der Waals surface area (Å²) in [5.41, 5.74) is 0. The fourth-order valence-corrected chi connectivity index (χ4v) is 2.19. The standard InChI is InChI=1S/C9H12F6/c10-8(11,12)7(9(13,14)15)6-4-2-1-3-5-6/h6-7H,1-5H2. The Morgan fingerprint density at radius 2 is 1.13 bits per heavy atom. The number of alkyl halides is 6. The van der Waals surface area contributed by atoms with Crippen molar-refractivity contribution in [2.45, 2.75) is 44.5 Å². The molecule has 1 rings (SSSR count). The number of hydrogen-bond acceptors (Lipinski definition) is 0. The van der Waals surface area contributed by atoms with Gasteiger partial charge in [0.2, 0.25) is 0 Å². The maximum atomic E-state index is 12.3. The van der Waals surface area contributed by atoms with E-state index in [0.29, 0.717) is 12.8 Å². The highest BCUT2D eigenvalue weighted by Crippen LogP contribution is 2.47. The summed E-state index contributed by atoms with van der Waals surface area (Å²) >= 11 is 0. The quantitative estimate of drug-likeness (QED) is 0.593. The summed E-state index contributed by atoms with van der Waals surface area (Å²) in [6.45, 7) is 0. The summed E-state index contributed by atoms with van der Waals surface area (Å²) in [6.07, 6.45) is -8.60. The van der Waals surface area contributed by atoms with Crippen LogP contribution in [0.25, 0.3) is 0 Å². The second kappa shape index (κ2) is 4.22. The maximum Gasteiger partial charge on any atom is 0.400 e. The van der Waals surface area contributed by atoms with Gasteiger partial charge in [0.1, 0.15) is 0 Å². The summed E-state index contributed by atoms with van der Waals surface area (Å²) in [4.78, 5) is 0. The van der Waals surface area contributed by atoms with Gasteiger partial charge in [-0.05, 0) is 18.8 Å². The molecule has 0 atom stereocenters. The lowest BCUT2D eigenvalue weighted by atomic mass is 9.79. The summed E-state index contributed by atoms with van der Waals surface area (Å²) in [5.74, 6) is -4.41. The van der Waals surface area contributed by atoms with Gasteiger partial charge in [-0.3, -0.25) is 0 Å². The average Bonchev–Trinajstić information content (AvgIpc) is 2.00. The highest BCUT2D eigenvalue weighted by Gasteiger charge is 2.59. The predicted molar refractivity (Wildman–Crippen MR) is 42.2 cm³/mol. The van der Waals surface area contributed by atoms with Gasteiger partial charge >= 0.3 is 12.4 Å². The van der Waals surface area contributed by atoms with Crippen LogP contribution in [0.2, 0.25) is 0 Å². The predicted octanol–water partition coefficient (Wildman–Crippen LogP) is 4.31. The molecule has 0 unspecified atom stereocenters. The van der Waals surface area contributed by atoms with Crippen LogP contribution in [0.15, 0.2) is 0 Å². The highest BCUT2D eigenvalue weighted by atomic mass is 19.4. The lowest BCUT2D eigenvalue weighted by molar-refractivity contribution is -0.300. The first kappa shape index (κ1) is 12.6. The Bertz CT molecular complexity index is 184. The van der Waals surface area contributed by atoms with Gasteiger partial charge in [-0.2, -0.15) is 26.3 Å². The fraction of sp³-hybridized carbons (Fsp3) is 1.00. The Morgan fingerprint density at radius 1 is 0.733 bits per heavy atom. The van der Waals surface area contributed by atoms with Gasteiger partial charge in [0, 0.05) is 0 Å². The smallest absolute Gasteiger partial charge is 0.170 e. The molecule has 0 N–H and O–H groups in total. The highest BCUT2D eigenvalue weighted by molar-refractivity contribution is 4.84. The van der Waals surface area contributed by atoms with E-state index in [4.69, 9.17) is 0 Å². The van der Waals surface area contributed by atoms with Crippen molar-refractivity contribution in [3.05, 3.63) is 0 Å². The normalized spacial score (nSPS) is 21.0. The minimum absolute atomic E-state index is 0.0314. The minimum atomic E-state index is -5.17. The Kier molecular flexibility index (Phi) is 3.55. The molecule has 15 heavy (non-hydrogen) atoms. The third-order valence-corrected chi connectivity index (χ3v) is 2.83. The van der Waals surface area contributed by atoms with E-state index in [9.17, 15) is 26.3 Å². The van der Waals surface area contributed by atoms with E-state index in [2.05, 4.69) is 0 Å². The van der Waals surface area contributed by atoms with Crippen LogP contribution in [0.3, 0.4) is 0 Å². The maximum absolute atomic E-state index is 12.3. The van der Waals surface area contributed by atoms with Gasteiger partial charge in [-0.25, -0.2) is 0 Å². The average molecular weight is 234 g/mol. The zero-order valence-electron chi connectivity index (χ0n) is 7.96. The molecule has 0 amide bonds. The zero-order valence-corrected chi connectivity index (χ0v) is 7.96. The van der Waals surface area contributed by atoms with Crippen molar-refractivity contribution in [2.24, 2.45) is 11.8 Å². The van der Waals surface area contributed by atoms with Crippen molar-refractivity contribution in [1.82, 2.24) is 0 Å². The summed E-state index contributed by atoms with van der Waals surface area (Å²) in [5, 5.41) is 0. The summed E-state index contributed by atoms with van der Waals surface area (Å²) < 4.78 is 73.7. The third kappa shape index (κ3) is 3.28. The molecule has 0 spiro atoms. The second-order valence-corrected chi connectivity index (χ2v) is 3.96. The molecular weight excluding hydrogens is 222 g/mol. The van der Waals surface area contributed by atoms with Crippen molar-refractivity contribution in [3.63, 3.8) is 0 Å². The van der Waals surface area contributed by atoms with Crippen molar-refractivity contribution in [3.8, 4) is 0 Å². The lowest BCUT2D eigenvalue weighted by Gasteiger charge is -2.32. The minimum Gasteiger partial charge on any atom is -0.170 e. The molecule has 1 fully saturated rings. The molecule has 0 radical (unpaired) electrons. The van der Waals surface area contributed by atoms with Crippen molar-refractivity contribution < 1.29 is 26.3 Å². The van der Waals surface area contributed by atoms with E-state index in [1.807, 2.05) is 0 Å². The Labute approximate surface area is 83.6 Å². The van der Waals surface area contributed by atoms with E-state index in [0.717, 1.165) is 6.42 Å². The van der Waals surface area contributed by atoms with Gasteiger partial charge in [0.25, 0.3) is 0 Å². The molecule has 1 aliphatic rings. The molecule has 90 valence electrons. The molecule has 0 aliphatic heterocycles. The van der Waals surface area contributed by atoms with Crippen molar-refractivity contribution >= 4 is 0 Å². The van der Waals surface area contributed by atoms with Crippen LogP contribution in [-0.4, -0.2) is 12.4 Å². The van der Waals surface area contributed by atoms with Gasteiger partial charge in [-0.15, -0.1) is 0 Å². The molecule has 0 aromatic carbocycles. The largest absolute Gasteiger partial charge is 0.400 e. The molecule has 1 saturated carbocycles. The van der Waals surface area contributed by atoms with Crippen molar-refractivity contribution in [1.29, 1.82) is 0 Å². The first-order chi connectivity index (χ1) is 6.73. The van der Waals surface area contributed by atoms with Gasteiger partial charge < -0.3 is 0 Å². The molecule has 6 heteroatoms. The molecule has 0 aromatic rings. The number of halogens is 6. The van der Waals surface area contributed by atoms with Crippen LogP contribution >= 0.6 is 0 Å². The third-order valence-electron chi connectivity index (χ3n) is 2.83. The molecular formula is C9H12F6. The van der Waals surface area contributed by atoms with Gasteiger partial charge in [-0.1, -0.05) is 19.3 Å². The second-order valence-electron chi connectivity index (χ2n) is 3.96. The Hall–Kier alpha value is -0.420. The van der Waals surface area contributed by atoms with Crippen LogP contribution in [-0.2, 0) is 0 Å². The summed E-state index contributed by atoms with van der Waals surface area (Å²) in [7, 11) is 0. The van der Waals surface area contributed by atoms with E-state index >= 15 is 0 Å². The SMILES string of the molecule is FC(F)(F)C(C1CCCCC1)C(F)(F)F. The number of hydrogen-bond donors (Lipinski definition) is 0. The van der Waals surface area contributed by atoms with Crippen molar-refractivity contribution in [2.75, 3.05) is 0 Å².